The zero-order valence-corrected chi connectivity index (χ0v) is 13.9. The number of benzene rings is 2. The van der Waals surface area contributed by atoms with E-state index in [0.717, 1.165) is 0 Å². The molecule has 7 nitrogen and oxygen atoms in total. The summed E-state index contributed by atoms with van der Waals surface area (Å²) < 4.78 is 5.70. The lowest BCUT2D eigenvalue weighted by Crippen LogP contribution is -2.15. The van der Waals surface area contributed by atoms with Crippen molar-refractivity contribution in [1.82, 2.24) is 4.98 Å². The molecule has 7 heteroatoms. The van der Waals surface area contributed by atoms with Crippen molar-refractivity contribution in [3.05, 3.63) is 88.1 Å². The van der Waals surface area contributed by atoms with E-state index < -0.39 is 10.8 Å². The lowest BCUT2D eigenvalue weighted by molar-refractivity contribution is -0.385. The number of hydrogen-bond donors (Lipinski definition) is 1. The van der Waals surface area contributed by atoms with Gasteiger partial charge < -0.3 is 10.1 Å². The van der Waals surface area contributed by atoms with E-state index in [1.54, 1.807) is 30.5 Å². The summed E-state index contributed by atoms with van der Waals surface area (Å²) in [5.41, 5.74) is 0.773. The largest absolute Gasteiger partial charge is 0.437 e. The molecule has 0 aliphatic carbocycles. The number of hydrogen-bond acceptors (Lipinski definition) is 5. The standard InChI is InChI=1S/C19H15N3O4/c1-13-15(9-5-11-17(13)22(24)25)18(23)21-16-10-6-12-20-19(16)26-14-7-3-2-4-8-14/h2-12H,1H3,(H,21,23). The zero-order chi connectivity index (χ0) is 18.5. The van der Waals surface area contributed by atoms with Gasteiger partial charge in [-0.1, -0.05) is 24.3 Å². The summed E-state index contributed by atoms with van der Waals surface area (Å²) in [4.78, 5) is 27.3. The van der Waals surface area contributed by atoms with Crippen LogP contribution in [-0.4, -0.2) is 15.8 Å². The van der Waals surface area contributed by atoms with Crippen molar-refractivity contribution < 1.29 is 14.5 Å². The molecule has 1 N–H and O–H groups in total. The number of aromatic nitrogens is 1. The van der Waals surface area contributed by atoms with Crippen LogP contribution < -0.4 is 10.1 Å². The molecule has 0 saturated heterocycles. The van der Waals surface area contributed by atoms with E-state index in [9.17, 15) is 14.9 Å². The maximum atomic E-state index is 12.6. The number of nitro groups is 1. The van der Waals surface area contributed by atoms with Crippen molar-refractivity contribution in [2.45, 2.75) is 6.92 Å². The van der Waals surface area contributed by atoms with Gasteiger partial charge in [-0.05, 0) is 37.3 Å². The van der Waals surface area contributed by atoms with E-state index in [1.807, 2.05) is 18.2 Å². The van der Waals surface area contributed by atoms with Crippen LogP contribution in [0, 0.1) is 17.0 Å². The number of para-hydroxylation sites is 1. The monoisotopic (exact) mass is 349 g/mol. The number of carbonyl (C=O) groups excluding carboxylic acids is 1. The number of pyridine rings is 1. The summed E-state index contributed by atoms with van der Waals surface area (Å²) in [5.74, 6) is 0.334. The fraction of sp³-hybridized carbons (Fsp3) is 0.0526. The van der Waals surface area contributed by atoms with Crippen molar-refractivity contribution in [1.29, 1.82) is 0 Å². The normalized spacial score (nSPS) is 10.2. The van der Waals surface area contributed by atoms with Crippen LogP contribution in [0.1, 0.15) is 15.9 Å². The van der Waals surface area contributed by atoms with E-state index in [-0.39, 0.29) is 17.1 Å². The van der Waals surface area contributed by atoms with Gasteiger partial charge in [-0.3, -0.25) is 14.9 Å². The Morgan fingerprint density at radius 3 is 2.58 bits per heavy atom. The number of nitro benzene ring substituents is 1. The topological polar surface area (TPSA) is 94.4 Å². The second-order valence-corrected chi connectivity index (χ2v) is 5.43. The third kappa shape index (κ3) is 3.67. The molecule has 0 fully saturated rings. The molecule has 0 radical (unpaired) electrons. The van der Waals surface area contributed by atoms with Gasteiger partial charge in [0.15, 0.2) is 0 Å². The smallest absolute Gasteiger partial charge is 0.273 e. The highest BCUT2D eigenvalue weighted by Crippen LogP contribution is 2.28. The van der Waals surface area contributed by atoms with Crippen LogP contribution in [-0.2, 0) is 0 Å². The van der Waals surface area contributed by atoms with Crippen molar-refractivity contribution in [3.8, 4) is 11.6 Å². The minimum Gasteiger partial charge on any atom is -0.437 e. The number of rotatable bonds is 5. The predicted molar refractivity (Wildman–Crippen MR) is 96.5 cm³/mol. The summed E-state index contributed by atoms with van der Waals surface area (Å²) in [6.07, 6.45) is 1.55. The highest BCUT2D eigenvalue weighted by Gasteiger charge is 2.19. The molecule has 26 heavy (non-hydrogen) atoms. The average molecular weight is 349 g/mol. The number of ether oxygens (including phenoxy) is 1. The van der Waals surface area contributed by atoms with Crippen LogP contribution in [0.4, 0.5) is 11.4 Å². The van der Waals surface area contributed by atoms with Crippen LogP contribution in [0.2, 0.25) is 0 Å². The third-order valence-corrected chi connectivity index (χ3v) is 3.72. The molecule has 1 heterocycles. The predicted octanol–water partition coefficient (Wildman–Crippen LogP) is 4.34. The SMILES string of the molecule is Cc1c(C(=O)Nc2cccnc2Oc2ccccc2)cccc1[N+](=O)[O-]. The van der Waals surface area contributed by atoms with E-state index in [4.69, 9.17) is 4.74 Å². The molecule has 3 aromatic rings. The quantitative estimate of drug-likeness (QED) is 0.546. The molecule has 0 atom stereocenters. The van der Waals surface area contributed by atoms with E-state index >= 15 is 0 Å². The number of anilines is 1. The Balaban J connectivity index is 1.87. The number of carbonyl (C=O) groups is 1. The second kappa shape index (κ2) is 7.43. The number of nitrogens with zero attached hydrogens (tertiary/aromatic N) is 2. The molecule has 2 aromatic carbocycles. The number of amides is 1. The summed E-state index contributed by atoms with van der Waals surface area (Å²) >= 11 is 0. The molecule has 1 amide bonds. The van der Waals surface area contributed by atoms with Gasteiger partial charge in [-0.2, -0.15) is 0 Å². The molecular formula is C19H15N3O4. The summed E-state index contributed by atoms with van der Waals surface area (Å²) in [5, 5.41) is 13.8. The molecular weight excluding hydrogens is 334 g/mol. The molecule has 3 rings (SSSR count). The van der Waals surface area contributed by atoms with Gasteiger partial charge in [-0.25, -0.2) is 4.98 Å². The van der Waals surface area contributed by atoms with Gasteiger partial charge in [0.25, 0.3) is 11.6 Å². The summed E-state index contributed by atoms with van der Waals surface area (Å²) in [6.45, 7) is 1.54. The van der Waals surface area contributed by atoms with Gasteiger partial charge >= 0.3 is 0 Å². The van der Waals surface area contributed by atoms with Crippen LogP contribution >= 0.6 is 0 Å². The summed E-state index contributed by atoms with van der Waals surface area (Å²) in [7, 11) is 0. The van der Waals surface area contributed by atoms with Gasteiger partial charge in [0.2, 0.25) is 5.88 Å². The maximum absolute atomic E-state index is 12.6. The molecule has 0 aliphatic heterocycles. The van der Waals surface area contributed by atoms with E-state index in [0.29, 0.717) is 17.0 Å². The Kier molecular flexibility index (Phi) is 4.89. The molecule has 0 saturated carbocycles. The highest BCUT2D eigenvalue weighted by atomic mass is 16.6. The van der Waals surface area contributed by atoms with Crippen LogP contribution in [0.15, 0.2) is 66.9 Å². The Bertz CT molecular complexity index is 958. The van der Waals surface area contributed by atoms with E-state index in [1.165, 1.54) is 25.1 Å². The zero-order valence-electron chi connectivity index (χ0n) is 13.9. The molecule has 0 bridgehead atoms. The Hall–Kier alpha value is -3.74. The first kappa shape index (κ1) is 17.1. The fourth-order valence-electron chi connectivity index (χ4n) is 2.42. The van der Waals surface area contributed by atoms with Crippen molar-refractivity contribution >= 4 is 17.3 Å². The minimum absolute atomic E-state index is 0.107. The van der Waals surface area contributed by atoms with Crippen LogP contribution in [0.5, 0.6) is 11.6 Å². The van der Waals surface area contributed by atoms with Crippen LogP contribution in [0.3, 0.4) is 0 Å². The third-order valence-electron chi connectivity index (χ3n) is 3.72. The van der Waals surface area contributed by atoms with Gasteiger partial charge in [0.05, 0.1) is 4.92 Å². The fourth-order valence-corrected chi connectivity index (χ4v) is 2.42. The van der Waals surface area contributed by atoms with E-state index in [2.05, 4.69) is 10.3 Å². The Morgan fingerprint density at radius 1 is 1.08 bits per heavy atom. The maximum Gasteiger partial charge on any atom is 0.273 e. The first-order chi connectivity index (χ1) is 12.6. The molecule has 0 spiro atoms. The first-order valence-electron chi connectivity index (χ1n) is 7.79. The van der Waals surface area contributed by atoms with Crippen molar-refractivity contribution in [2.24, 2.45) is 0 Å². The molecule has 0 unspecified atom stereocenters. The summed E-state index contributed by atoms with van der Waals surface area (Å²) in [6, 6.07) is 16.7. The minimum atomic E-state index is -0.514. The van der Waals surface area contributed by atoms with Gasteiger partial charge in [0, 0.05) is 23.4 Å². The molecule has 0 aliphatic rings. The second-order valence-electron chi connectivity index (χ2n) is 5.43. The van der Waals surface area contributed by atoms with Crippen LogP contribution in [0.25, 0.3) is 0 Å². The average Bonchev–Trinajstić information content (AvgIpc) is 2.64. The highest BCUT2D eigenvalue weighted by molar-refractivity contribution is 6.06. The van der Waals surface area contributed by atoms with Crippen molar-refractivity contribution in [2.75, 3.05) is 5.32 Å². The van der Waals surface area contributed by atoms with Crippen molar-refractivity contribution in [3.63, 3.8) is 0 Å². The van der Waals surface area contributed by atoms with Gasteiger partial charge in [-0.15, -0.1) is 0 Å². The lowest BCUT2D eigenvalue weighted by Gasteiger charge is -2.12. The lowest BCUT2D eigenvalue weighted by atomic mass is 10.1. The first-order valence-corrected chi connectivity index (χ1v) is 7.79. The molecule has 1 aromatic heterocycles. The van der Waals surface area contributed by atoms with Gasteiger partial charge in [0.1, 0.15) is 11.4 Å². The number of nitrogens with one attached hydrogen (secondary N) is 1. The Morgan fingerprint density at radius 2 is 1.85 bits per heavy atom. The Labute approximate surface area is 149 Å². The molecule has 130 valence electrons.